The molecule has 2 rings (SSSR count). The molecule has 92 valence electrons. The van der Waals surface area contributed by atoms with Gasteiger partial charge in [-0.25, -0.2) is 0 Å². The summed E-state index contributed by atoms with van der Waals surface area (Å²) in [6.07, 6.45) is 0.543. The van der Waals surface area contributed by atoms with Crippen LogP contribution in [0.3, 0.4) is 0 Å². The van der Waals surface area contributed by atoms with E-state index in [2.05, 4.69) is 50.5 Å². The monoisotopic (exact) mass is 320 g/mol. The van der Waals surface area contributed by atoms with Gasteiger partial charge in [0.05, 0.1) is 19.0 Å². The van der Waals surface area contributed by atoms with E-state index in [1.54, 1.807) is 11.3 Å². The van der Waals surface area contributed by atoms with Crippen LogP contribution in [0.25, 0.3) is 0 Å². The maximum atomic E-state index is 8.75. The van der Waals surface area contributed by atoms with Gasteiger partial charge in [0.25, 0.3) is 0 Å². The van der Waals surface area contributed by atoms with E-state index in [-0.39, 0.29) is 0 Å². The second-order valence-electron chi connectivity index (χ2n) is 3.90. The average molecular weight is 321 g/mol. The number of hydrogen-bond acceptors (Lipinski definition) is 3. The van der Waals surface area contributed by atoms with Crippen LogP contribution in [0.5, 0.6) is 0 Å². The van der Waals surface area contributed by atoms with E-state index in [4.69, 9.17) is 5.26 Å². The van der Waals surface area contributed by atoms with Crippen LogP contribution in [0.2, 0.25) is 0 Å². The van der Waals surface area contributed by atoms with Gasteiger partial charge in [-0.3, -0.25) is 0 Å². The zero-order valence-electron chi connectivity index (χ0n) is 9.84. The van der Waals surface area contributed by atoms with Gasteiger partial charge in [0.1, 0.15) is 0 Å². The Hall–Kier alpha value is -1.31. The van der Waals surface area contributed by atoms with Crippen LogP contribution >= 0.6 is 27.3 Å². The molecule has 1 aromatic heterocycles. The molecule has 0 bridgehead atoms. The quantitative estimate of drug-likeness (QED) is 0.814. The van der Waals surface area contributed by atoms with Gasteiger partial charge < -0.3 is 4.90 Å². The van der Waals surface area contributed by atoms with Gasteiger partial charge in [-0.2, -0.15) is 5.26 Å². The molecule has 0 saturated heterocycles. The third-order valence-corrected chi connectivity index (χ3v) is 4.27. The van der Waals surface area contributed by atoms with Gasteiger partial charge in [0, 0.05) is 27.0 Å². The molecule has 1 heterocycles. The van der Waals surface area contributed by atoms with Crippen molar-refractivity contribution in [3.05, 3.63) is 51.1 Å². The molecule has 0 aliphatic carbocycles. The molecule has 0 unspecified atom stereocenters. The van der Waals surface area contributed by atoms with Crippen molar-refractivity contribution >= 4 is 33.0 Å². The molecular formula is C14H13BrN2S. The summed E-state index contributed by atoms with van der Waals surface area (Å²) in [5.41, 5.74) is 1.16. The fraction of sp³-hybridized carbons (Fsp3) is 0.214. The van der Waals surface area contributed by atoms with Gasteiger partial charge in [-0.15, -0.1) is 11.3 Å². The van der Waals surface area contributed by atoms with Crippen molar-refractivity contribution < 1.29 is 0 Å². The minimum absolute atomic E-state index is 0.543. The maximum absolute atomic E-state index is 8.75. The molecular weight excluding hydrogens is 308 g/mol. The molecule has 2 aromatic rings. The van der Waals surface area contributed by atoms with Crippen LogP contribution in [0.4, 0.5) is 5.69 Å². The lowest BCUT2D eigenvalue weighted by Gasteiger charge is -2.23. The highest BCUT2D eigenvalue weighted by Gasteiger charge is 2.08. The van der Waals surface area contributed by atoms with Crippen LogP contribution < -0.4 is 4.90 Å². The van der Waals surface area contributed by atoms with Gasteiger partial charge in [-0.05, 0) is 34.1 Å². The first-order valence-corrected chi connectivity index (χ1v) is 7.36. The minimum Gasteiger partial charge on any atom is -0.365 e. The highest BCUT2D eigenvalue weighted by Crippen LogP contribution is 2.24. The Morgan fingerprint density at radius 1 is 1.28 bits per heavy atom. The molecule has 18 heavy (non-hydrogen) atoms. The Balaban J connectivity index is 2.13. The van der Waals surface area contributed by atoms with E-state index >= 15 is 0 Å². The molecule has 0 saturated carbocycles. The number of hydrogen-bond donors (Lipinski definition) is 0. The van der Waals surface area contributed by atoms with E-state index in [1.165, 1.54) is 4.88 Å². The molecule has 0 fully saturated rings. The Labute approximate surface area is 120 Å². The number of rotatable bonds is 5. The third-order valence-electron chi connectivity index (χ3n) is 2.58. The largest absolute Gasteiger partial charge is 0.365 e. The molecule has 0 radical (unpaired) electrons. The molecule has 0 atom stereocenters. The van der Waals surface area contributed by atoms with Crippen molar-refractivity contribution in [1.29, 1.82) is 5.26 Å². The first-order valence-electron chi connectivity index (χ1n) is 5.69. The standard InChI is InChI=1S/C14H13BrN2S/c15-12-9-14(18-11-12)10-17(8-4-7-16)13-5-2-1-3-6-13/h1-3,5-6,9,11H,4,8,10H2. The van der Waals surface area contributed by atoms with Gasteiger partial charge >= 0.3 is 0 Å². The average Bonchev–Trinajstić information content (AvgIpc) is 2.81. The number of anilines is 1. The predicted octanol–water partition coefficient (Wildman–Crippen LogP) is 4.43. The molecule has 0 spiro atoms. The van der Waals surface area contributed by atoms with Crippen molar-refractivity contribution in [2.45, 2.75) is 13.0 Å². The first-order chi connectivity index (χ1) is 8.79. The van der Waals surface area contributed by atoms with Gasteiger partial charge in [-0.1, -0.05) is 18.2 Å². The van der Waals surface area contributed by atoms with Crippen molar-refractivity contribution in [2.24, 2.45) is 0 Å². The highest BCUT2D eigenvalue weighted by atomic mass is 79.9. The van der Waals surface area contributed by atoms with Crippen LogP contribution in [-0.4, -0.2) is 6.54 Å². The molecule has 0 amide bonds. The Morgan fingerprint density at radius 2 is 2.06 bits per heavy atom. The van der Waals surface area contributed by atoms with Crippen molar-refractivity contribution in [3.63, 3.8) is 0 Å². The summed E-state index contributed by atoms with van der Waals surface area (Å²) in [6.45, 7) is 1.61. The normalized spacial score (nSPS) is 10.0. The molecule has 0 aliphatic heterocycles. The van der Waals surface area contributed by atoms with E-state index in [1.807, 2.05) is 18.2 Å². The zero-order chi connectivity index (χ0) is 12.8. The number of benzene rings is 1. The number of halogens is 1. The smallest absolute Gasteiger partial charge is 0.0640 e. The lowest BCUT2D eigenvalue weighted by molar-refractivity contribution is 0.806. The second-order valence-corrected chi connectivity index (χ2v) is 5.81. The molecule has 1 aromatic carbocycles. The lowest BCUT2D eigenvalue weighted by atomic mass is 10.2. The Morgan fingerprint density at radius 3 is 2.67 bits per heavy atom. The third kappa shape index (κ3) is 3.59. The van der Waals surface area contributed by atoms with Crippen LogP contribution in [0, 0.1) is 11.3 Å². The van der Waals surface area contributed by atoms with Gasteiger partial charge in [0.15, 0.2) is 0 Å². The predicted molar refractivity (Wildman–Crippen MR) is 79.7 cm³/mol. The number of thiophene rings is 1. The maximum Gasteiger partial charge on any atom is 0.0640 e. The topological polar surface area (TPSA) is 27.0 Å². The summed E-state index contributed by atoms with van der Waals surface area (Å²) in [5, 5.41) is 10.8. The fourth-order valence-corrected chi connectivity index (χ4v) is 3.21. The van der Waals surface area contributed by atoms with E-state index in [9.17, 15) is 0 Å². The molecule has 4 heteroatoms. The summed E-state index contributed by atoms with van der Waals surface area (Å²) in [6, 6.07) is 14.6. The lowest BCUT2D eigenvalue weighted by Crippen LogP contribution is -2.23. The SMILES string of the molecule is N#CCCN(Cc1cc(Br)cs1)c1ccccc1. The van der Waals surface area contributed by atoms with Crippen LogP contribution in [-0.2, 0) is 6.54 Å². The van der Waals surface area contributed by atoms with Crippen LogP contribution in [0.1, 0.15) is 11.3 Å². The summed E-state index contributed by atoms with van der Waals surface area (Å²) in [4.78, 5) is 3.53. The minimum atomic E-state index is 0.543. The van der Waals surface area contributed by atoms with E-state index < -0.39 is 0 Å². The van der Waals surface area contributed by atoms with Crippen LogP contribution in [0.15, 0.2) is 46.3 Å². The fourth-order valence-electron chi connectivity index (χ4n) is 1.75. The highest BCUT2D eigenvalue weighted by molar-refractivity contribution is 9.10. The first kappa shape index (κ1) is 13.1. The molecule has 0 N–H and O–H groups in total. The molecule has 2 nitrogen and oxygen atoms in total. The Bertz CT molecular complexity index is 530. The zero-order valence-corrected chi connectivity index (χ0v) is 12.2. The number of nitriles is 1. The summed E-state index contributed by atoms with van der Waals surface area (Å²) < 4.78 is 1.12. The number of nitrogens with zero attached hydrogens (tertiary/aromatic N) is 2. The summed E-state index contributed by atoms with van der Waals surface area (Å²) >= 11 is 5.21. The van der Waals surface area contributed by atoms with Crippen molar-refractivity contribution in [2.75, 3.05) is 11.4 Å². The number of para-hydroxylation sites is 1. The van der Waals surface area contributed by atoms with Crippen molar-refractivity contribution in [3.8, 4) is 6.07 Å². The van der Waals surface area contributed by atoms with E-state index in [0.29, 0.717) is 6.42 Å². The van der Waals surface area contributed by atoms with Gasteiger partial charge in [0.2, 0.25) is 0 Å². The molecule has 0 aliphatic rings. The summed E-state index contributed by atoms with van der Waals surface area (Å²) in [7, 11) is 0. The second kappa shape index (κ2) is 6.58. The van der Waals surface area contributed by atoms with Crippen molar-refractivity contribution in [1.82, 2.24) is 0 Å². The van der Waals surface area contributed by atoms with E-state index in [0.717, 1.165) is 23.2 Å². The summed E-state index contributed by atoms with van der Waals surface area (Å²) in [5.74, 6) is 0. The Kier molecular flexibility index (Phi) is 4.80.